The van der Waals surface area contributed by atoms with Crippen molar-refractivity contribution in [3.63, 3.8) is 0 Å². The van der Waals surface area contributed by atoms with E-state index in [4.69, 9.17) is 5.50 Å². The molecule has 1 amide bonds. The predicted molar refractivity (Wildman–Crippen MR) is 99.3 cm³/mol. The van der Waals surface area contributed by atoms with E-state index in [0.29, 0.717) is 32.1 Å². The fourth-order valence-electron chi connectivity index (χ4n) is 3.35. The van der Waals surface area contributed by atoms with E-state index in [1.54, 1.807) is 11.6 Å². The predicted octanol–water partition coefficient (Wildman–Crippen LogP) is 3.28. The quantitative estimate of drug-likeness (QED) is 0.312. The summed E-state index contributed by atoms with van der Waals surface area (Å²) < 4.78 is 38.4. The third-order valence-corrected chi connectivity index (χ3v) is 7.39. The van der Waals surface area contributed by atoms with Crippen LogP contribution in [0.5, 0.6) is 0 Å². The van der Waals surface area contributed by atoms with Gasteiger partial charge in [0.2, 0.25) is 0 Å². The number of hydrogen-bond acceptors (Lipinski definition) is 5. The Bertz CT molecular complexity index is 443. The van der Waals surface area contributed by atoms with Gasteiger partial charge in [-0.1, -0.05) is 0 Å². The first-order valence-corrected chi connectivity index (χ1v) is 11.4. The number of alkyl halides is 3. The summed E-state index contributed by atoms with van der Waals surface area (Å²) in [7, 11) is -4.46. The molecule has 0 rings (SSSR count). The van der Waals surface area contributed by atoms with Crippen molar-refractivity contribution < 1.29 is 27.8 Å². The van der Waals surface area contributed by atoms with Gasteiger partial charge in [-0.3, -0.25) is 0 Å². The van der Waals surface area contributed by atoms with Gasteiger partial charge in [-0.2, -0.15) is 0 Å². The van der Waals surface area contributed by atoms with Crippen molar-refractivity contribution in [1.29, 1.82) is 0 Å². The summed E-state index contributed by atoms with van der Waals surface area (Å²) in [6.07, 6.45) is -2.46. The van der Waals surface area contributed by atoms with Crippen LogP contribution in [-0.4, -0.2) is 50.8 Å². The molecule has 5 N–H and O–H groups in total. The van der Waals surface area contributed by atoms with Gasteiger partial charge in [0.05, 0.1) is 0 Å². The number of hydrogen-bond donors (Lipinski definition) is 4. The number of amides is 1. The number of rotatable bonds is 11. The molecule has 0 aliphatic rings. The van der Waals surface area contributed by atoms with Crippen molar-refractivity contribution in [3.8, 4) is 0 Å². The molecule has 1 unspecified atom stereocenters. The van der Waals surface area contributed by atoms with Gasteiger partial charge in [-0.05, 0) is 0 Å². The minimum atomic E-state index is -4.88. The zero-order valence-electron chi connectivity index (χ0n) is 16.4. The van der Waals surface area contributed by atoms with Crippen LogP contribution in [0.3, 0.4) is 0 Å². The molecule has 0 bridgehead atoms. The number of carbonyl (C=O) groups is 1. The molecule has 1 atom stereocenters. The van der Waals surface area contributed by atoms with Crippen molar-refractivity contribution in [2.75, 3.05) is 6.16 Å². The number of unbranched alkanes of at least 4 members (excludes halogenated alkanes) is 2. The SMILES string of the molecule is CCC(CCCCCP(N)(O)(O)N(C(C)C)C(C)C)NC(=O)C(F)(F)F. The van der Waals surface area contributed by atoms with E-state index in [1.165, 1.54) is 0 Å². The molecule has 10 heteroatoms. The Morgan fingerprint density at radius 2 is 1.62 bits per heavy atom. The van der Waals surface area contributed by atoms with Gasteiger partial charge in [0.15, 0.2) is 0 Å². The van der Waals surface area contributed by atoms with Crippen LogP contribution in [0.15, 0.2) is 0 Å². The number of nitrogens with one attached hydrogen (secondary N) is 1. The van der Waals surface area contributed by atoms with E-state index in [-0.39, 0.29) is 18.2 Å². The van der Waals surface area contributed by atoms with Crippen molar-refractivity contribution >= 4 is 13.3 Å². The number of nitrogens with zero attached hydrogens (tertiary/aromatic N) is 1. The molecule has 0 fully saturated rings. The van der Waals surface area contributed by atoms with Crippen LogP contribution >= 0.6 is 7.36 Å². The monoisotopic (exact) mass is 405 g/mol. The number of nitrogens with two attached hydrogens (primary N) is 1. The van der Waals surface area contributed by atoms with Crippen LogP contribution in [0.25, 0.3) is 0 Å². The average molecular weight is 405 g/mol. The molecule has 6 nitrogen and oxygen atoms in total. The zero-order chi connectivity index (χ0) is 20.8. The summed E-state index contributed by atoms with van der Waals surface area (Å²) in [5.41, 5.74) is 5.97. The summed E-state index contributed by atoms with van der Waals surface area (Å²) in [6.45, 7) is 9.08. The minimum absolute atomic E-state index is 0.0354. The molecule has 0 aliphatic heterocycles. The van der Waals surface area contributed by atoms with E-state index in [2.05, 4.69) is 0 Å². The maximum atomic E-state index is 12.3. The Kier molecular flexibility index (Phi) is 9.47. The second kappa shape index (κ2) is 9.64. The molecule has 0 aromatic carbocycles. The fourth-order valence-corrected chi connectivity index (χ4v) is 6.42. The van der Waals surface area contributed by atoms with E-state index < -0.39 is 25.5 Å². The third-order valence-electron chi connectivity index (χ3n) is 4.29. The molecule has 0 aliphatic carbocycles. The molecule has 26 heavy (non-hydrogen) atoms. The Hall–Kier alpha value is -0.470. The summed E-state index contributed by atoms with van der Waals surface area (Å²) in [6, 6.07) is -0.812. The number of carbonyl (C=O) groups excluding carboxylic acids is 1. The third kappa shape index (κ3) is 8.48. The van der Waals surface area contributed by atoms with E-state index >= 15 is 0 Å². The molecule has 0 aromatic rings. The van der Waals surface area contributed by atoms with Gasteiger partial charge >= 0.3 is 154 Å². The van der Waals surface area contributed by atoms with E-state index in [9.17, 15) is 27.8 Å². The van der Waals surface area contributed by atoms with Crippen LogP contribution in [0, 0.1) is 0 Å². The summed E-state index contributed by atoms with van der Waals surface area (Å²) in [5.74, 6) is -1.92. The second-order valence-corrected chi connectivity index (χ2v) is 10.8. The fraction of sp³-hybridized carbons (Fsp3) is 0.938. The zero-order valence-corrected chi connectivity index (χ0v) is 17.3. The first kappa shape index (κ1) is 25.5. The first-order chi connectivity index (χ1) is 11.6. The van der Waals surface area contributed by atoms with Crippen LogP contribution in [0.2, 0.25) is 0 Å². The van der Waals surface area contributed by atoms with Gasteiger partial charge in [-0.15, -0.1) is 0 Å². The topological polar surface area (TPSA) is 98.8 Å². The van der Waals surface area contributed by atoms with Gasteiger partial charge in [0.1, 0.15) is 0 Å². The normalized spacial score (nSPS) is 16.0. The second-order valence-electron chi connectivity index (χ2n) is 7.44. The molecule has 158 valence electrons. The van der Waals surface area contributed by atoms with Crippen LogP contribution in [0.4, 0.5) is 13.2 Å². The Morgan fingerprint density at radius 3 is 2.00 bits per heavy atom. The van der Waals surface area contributed by atoms with Gasteiger partial charge in [0.25, 0.3) is 0 Å². The van der Waals surface area contributed by atoms with Crippen LogP contribution in [-0.2, 0) is 4.79 Å². The summed E-state index contributed by atoms with van der Waals surface area (Å²) >= 11 is 0. The Labute approximate surface area is 154 Å². The van der Waals surface area contributed by atoms with E-state index in [1.807, 2.05) is 33.0 Å². The molecule has 0 aromatic heterocycles. The molecule has 0 radical (unpaired) electrons. The van der Waals surface area contributed by atoms with Gasteiger partial charge in [0, 0.05) is 0 Å². The Balaban J connectivity index is 4.49. The average Bonchev–Trinajstić information content (AvgIpc) is 2.41. The van der Waals surface area contributed by atoms with Crippen LogP contribution in [0.1, 0.15) is 66.7 Å². The van der Waals surface area contributed by atoms with Gasteiger partial charge in [-0.25, -0.2) is 0 Å². The summed E-state index contributed by atoms with van der Waals surface area (Å²) in [5, 5.41) is 1.98. The van der Waals surface area contributed by atoms with Crippen molar-refractivity contribution in [2.45, 2.75) is 91.0 Å². The van der Waals surface area contributed by atoms with E-state index in [0.717, 1.165) is 0 Å². The molecule has 0 saturated carbocycles. The van der Waals surface area contributed by atoms with Crippen molar-refractivity contribution in [1.82, 2.24) is 9.99 Å². The summed E-state index contributed by atoms with van der Waals surface area (Å²) in [4.78, 5) is 32.3. The van der Waals surface area contributed by atoms with Crippen LogP contribution < -0.4 is 10.8 Å². The standard InChI is InChI=1S/C16H35F3N3O3P/c1-6-14(21-15(23)16(17,18)19)10-8-7-9-11-26(20,24,25)22(12(2)3)13(4)5/h12-14,24-25H,6-11,20H2,1-5H3,(H,21,23). The Morgan fingerprint density at radius 1 is 1.12 bits per heavy atom. The van der Waals surface area contributed by atoms with Crippen molar-refractivity contribution in [3.05, 3.63) is 0 Å². The van der Waals surface area contributed by atoms with Crippen molar-refractivity contribution in [2.24, 2.45) is 5.50 Å². The maximum absolute atomic E-state index is 12.3. The molecule has 0 heterocycles. The molecule has 0 spiro atoms. The van der Waals surface area contributed by atoms with Gasteiger partial charge < -0.3 is 0 Å². The molecular formula is C16H35F3N3O3P. The first-order valence-electron chi connectivity index (χ1n) is 9.08. The molecular weight excluding hydrogens is 370 g/mol. The molecule has 0 saturated heterocycles. The number of halogens is 3.